The molecule has 1 aromatic carbocycles. The van der Waals surface area contributed by atoms with E-state index in [1.54, 1.807) is 6.92 Å². The summed E-state index contributed by atoms with van der Waals surface area (Å²) in [5.74, 6) is -0.0455. The van der Waals surface area contributed by atoms with Gasteiger partial charge >= 0.3 is 6.18 Å². The van der Waals surface area contributed by atoms with Crippen molar-refractivity contribution >= 4 is 21.5 Å². The Hall–Kier alpha value is -3.13. The van der Waals surface area contributed by atoms with Crippen molar-refractivity contribution in [2.24, 2.45) is 0 Å². The third kappa shape index (κ3) is 3.43. The molecule has 2 aromatic heterocycles. The van der Waals surface area contributed by atoms with Crippen LogP contribution in [0.15, 0.2) is 35.4 Å². The second-order valence-corrected chi connectivity index (χ2v) is 7.42. The maximum atomic E-state index is 12.9. The summed E-state index contributed by atoms with van der Waals surface area (Å²) in [4.78, 5) is 3.62. The summed E-state index contributed by atoms with van der Waals surface area (Å²) in [5, 5.41) is 13.0. The number of alkyl halides is 3. The van der Waals surface area contributed by atoms with Crippen molar-refractivity contribution in [3.8, 4) is 6.07 Å². The van der Waals surface area contributed by atoms with Crippen LogP contribution in [0.25, 0.3) is 5.65 Å². The van der Waals surface area contributed by atoms with Crippen molar-refractivity contribution in [2.45, 2.75) is 24.9 Å². The van der Waals surface area contributed by atoms with E-state index in [9.17, 15) is 21.6 Å². The normalized spacial score (nSPS) is 12.1. The first-order valence-electron chi connectivity index (χ1n) is 7.49. The SMILES string of the molecule is Cc1cc(NS(=O)(=O)c2cc(C(F)(F)F)ccc2C)n2ncc(C#N)c2n1. The Morgan fingerprint density at radius 3 is 2.56 bits per heavy atom. The number of benzene rings is 1. The average Bonchev–Trinajstić information content (AvgIpc) is 2.96. The Labute approximate surface area is 152 Å². The van der Waals surface area contributed by atoms with Crippen molar-refractivity contribution in [3.05, 3.63) is 52.8 Å². The first-order valence-corrected chi connectivity index (χ1v) is 8.97. The molecular weight excluding hydrogens is 383 g/mol. The van der Waals surface area contributed by atoms with Gasteiger partial charge in [0.2, 0.25) is 0 Å². The monoisotopic (exact) mass is 395 g/mol. The molecule has 0 saturated carbocycles. The van der Waals surface area contributed by atoms with E-state index in [2.05, 4.69) is 14.8 Å². The molecule has 7 nitrogen and oxygen atoms in total. The first-order chi connectivity index (χ1) is 12.5. The van der Waals surface area contributed by atoms with Crippen molar-refractivity contribution in [1.82, 2.24) is 14.6 Å². The molecule has 0 fully saturated rings. The highest BCUT2D eigenvalue weighted by atomic mass is 32.2. The van der Waals surface area contributed by atoms with Crippen molar-refractivity contribution in [1.29, 1.82) is 5.26 Å². The second-order valence-electron chi connectivity index (χ2n) is 5.77. The lowest BCUT2D eigenvalue weighted by molar-refractivity contribution is -0.137. The van der Waals surface area contributed by atoms with E-state index in [1.165, 1.54) is 19.2 Å². The molecule has 0 aliphatic rings. The lowest BCUT2D eigenvalue weighted by atomic mass is 10.1. The number of aryl methyl sites for hydroxylation is 2. The van der Waals surface area contributed by atoms with Gasteiger partial charge in [0.25, 0.3) is 10.0 Å². The van der Waals surface area contributed by atoms with E-state index >= 15 is 0 Å². The topological polar surface area (TPSA) is 100 Å². The molecule has 0 saturated heterocycles. The summed E-state index contributed by atoms with van der Waals surface area (Å²) in [6.45, 7) is 2.98. The van der Waals surface area contributed by atoms with Gasteiger partial charge in [-0.1, -0.05) is 6.07 Å². The minimum absolute atomic E-state index is 0.0455. The molecule has 0 bridgehead atoms. The smallest absolute Gasteiger partial charge is 0.263 e. The fraction of sp³-hybridized carbons (Fsp3) is 0.188. The van der Waals surface area contributed by atoms with Crippen LogP contribution in [0.4, 0.5) is 19.0 Å². The highest BCUT2D eigenvalue weighted by molar-refractivity contribution is 7.92. The van der Waals surface area contributed by atoms with Gasteiger partial charge in [0.1, 0.15) is 17.5 Å². The Balaban J connectivity index is 2.13. The predicted octanol–water partition coefficient (Wildman–Crippen LogP) is 3.04. The molecule has 0 spiro atoms. The Morgan fingerprint density at radius 2 is 1.93 bits per heavy atom. The second kappa shape index (κ2) is 6.24. The number of nitrogens with one attached hydrogen (secondary N) is 1. The summed E-state index contributed by atoms with van der Waals surface area (Å²) < 4.78 is 67.6. The number of aromatic nitrogens is 3. The van der Waals surface area contributed by atoms with Gasteiger partial charge in [-0.05, 0) is 31.5 Å². The molecular formula is C16H12F3N5O2S. The lowest BCUT2D eigenvalue weighted by Gasteiger charge is -2.14. The Morgan fingerprint density at radius 1 is 1.22 bits per heavy atom. The summed E-state index contributed by atoms with van der Waals surface area (Å²) in [5.41, 5.74) is -0.255. The van der Waals surface area contributed by atoms with E-state index in [4.69, 9.17) is 5.26 Å². The van der Waals surface area contributed by atoms with Gasteiger partial charge in [0, 0.05) is 11.8 Å². The highest BCUT2D eigenvalue weighted by Gasteiger charge is 2.32. The van der Waals surface area contributed by atoms with Crippen LogP contribution < -0.4 is 4.72 Å². The van der Waals surface area contributed by atoms with Crippen molar-refractivity contribution < 1.29 is 21.6 Å². The van der Waals surface area contributed by atoms with E-state index in [0.717, 1.165) is 16.6 Å². The van der Waals surface area contributed by atoms with Gasteiger partial charge < -0.3 is 0 Å². The number of fused-ring (bicyclic) bond motifs is 1. The highest BCUT2D eigenvalue weighted by Crippen LogP contribution is 2.32. The van der Waals surface area contributed by atoms with E-state index in [0.29, 0.717) is 11.8 Å². The summed E-state index contributed by atoms with van der Waals surface area (Å²) in [7, 11) is -4.35. The maximum absolute atomic E-state index is 12.9. The fourth-order valence-corrected chi connectivity index (χ4v) is 3.80. The molecule has 0 aliphatic heterocycles. The summed E-state index contributed by atoms with van der Waals surface area (Å²) in [6, 6.07) is 5.73. The van der Waals surface area contributed by atoms with Crippen LogP contribution in [0.5, 0.6) is 0 Å². The summed E-state index contributed by atoms with van der Waals surface area (Å²) >= 11 is 0. The van der Waals surface area contributed by atoms with Crippen LogP contribution >= 0.6 is 0 Å². The van der Waals surface area contributed by atoms with E-state index in [1.807, 2.05) is 6.07 Å². The number of hydrogen-bond donors (Lipinski definition) is 1. The Bertz CT molecular complexity index is 1190. The fourth-order valence-electron chi connectivity index (χ4n) is 2.49. The first kappa shape index (κ1) is 18.7. The van der Waals surface area contributed by atoms with Crippen LogP contribution in [0.2, 0.25) is 0 Å². The molecule has 0 aliphatic carbocycles. The van der Waals surface area contributed by atoms with Crippen LogP contribution in [0.1, 0.15) is 22.4 Å². The summed E-state index contributed by atoms with van der Waals surface area (Å²) in [6.07, 6.45) is -3.46. The van der Waals surface area contributed by atoms with Crippen LogP contribution in [-0.2, 0) is 16.2 Å². The largest absolute Gasteiger partial charge is 0.416 e. The molecule has 0 amide bonds. The number of hydrogen-bond acceptors (Lipinski definition) is 5. The van der Waals surface area contributed by atoms with Gasteiger partial charge in [-0.3, -0.25) is 4.72 Å². The zero-order valence-corrected chi connectivity index (χ0v) is 14.9. The number of nitriles is 1. The van der Waals surface area contributed by atoms with Crippen molar-refractivity contribution in [3.63, 3.8) is 0 Å². The predicted molar refractivity (Wildman–Crippen MR) is 89.4 cm³/mol. The molecule has 3 rings (SSSR count). The van der Waals surface area contributed by atoms with Gasteiger partial charge in [-0.2, -0.15) is 28.0 Å². The van der Waals surface area contributed by atoms with Gasteiger partial charge in [-0.25, -0.2) is 13.4 Å². The Kier molecular flexibility index (Phi) is 4.31. The number of nitrogens with zero attached hydrogens (tertiary/aromatic N) is 4. The van der Waals surface area contributed by atoms with Crippen LogP contribution in [0.3, 0.4) is 0 Å². The number of rotatable bonds is 3. The number of halogens is 3. The quantitative estimate of drug-likeness (QED) is 0.735. The van der Waals surface area contributed by atoms with Crippen molar-refractivity contribution in [2.75, 3.05) is 4.72 Å². The van der Waals surface area contributed by atoms with Crippen LogP contribution in [0, 0.1) is 25.2 Å². The molecule has 0 unspecified atom stereocenters. The molecule has 11 heteroatoms. The van der Waals surface area contributed by atoms with E-state index < -0.39 is 26.7 Å². The zero-order chi connectivity index (χ0) is 20.0. The van der Waals surface area contributed by atoms with Crippen LogP contribution in [-0.4, -0.2) is 23.0 Å². The molecule has 2 heterocycles. The molecule has 0 atom stereocenters. The molecule has 27 heavy (non-hydrogen) atoms. The van der Waals surface area contributed by atoms with E-state index in [-0.39, 0.29) is 22.6 Å². The number of sulfonamides is 1. The molecule has 3 aromatic rings. The minimum atomic E-state index is -4.68. The minimum Gasteiger partial charge on any atom is -0.263 e. The molecule has 140 valence electrons. The van der Waals surface area contributed by atoms with Gasteiger partial charge in [0.15, 0.2) is 5.65 Å². The van der Waals surface area contributed by atoms with Gasteiger partial charge in [0.05, 0.1) is 16.7 Å². The number of anilines is 1. The molecule has 0 radical (unpaired) electrons. The third-order valence-electron chi connectivity index (χ3n) is 3.76. The average molecular weight is 395 g/mol. The standard InChI is InChI=1S/C16H12F3N5O2S/c1-9-3-4-12(16(17,18)19)6-13(9)27(25,26)23-14-5-10(2)22-15-11(7-20)8-21-24(14)15/h3-6,8,23H,1-2H3. The third-order valence-corrected chi connectivity index (χ3v) is 5.26. The van der Waals surface area contributed by atoms with Gasteiger partial charge in [-0.15, -0.1) is 0 Å². The molecule has 1 N–H and O–H groups in total. The maximum Gasteiger partial charge on any atom is 0.416 e. The lowest BCUT2D eigenvalue weighted by Crippen LogP contribution is -2.18. The zero-order valence-electron chi connectivity index (χ0n) is 14.0.